The van der Waals surface area contributed by atoms with Crippen LogP contribution in [0.1, 0.15) is 0 Å². The van der Waals surface area contributed by atoms with E-state index in [9.17, 15) is 0 Å². The van der Waals surface area contributed by atoms with Crippen molar-refractivity contribution >= 4 is 52.4 Å². The molecule has 0 fully saturated rings. The van der Waals surface area contributed by atoms with Gasteiger partial charge in [-0.05, 0) is 33.2 Å². The van der Waals surface area contributed by atoms with Crippen molar-refractivity contribution in [1.82, 2.24) is 0 Å². The van der Waals surface area contributed by atoms with Crippen LogP contribution in [0.4, 0.5) is 0 Å². The molecular weight excluding hydrogens is 287 g/mol. The fourth-order valence-corrected chi connectivity index (χ4v) is 4.53. The highest BCUT2D eigenvalue weighted by Gasteiger charge is 2.21. The van der Waals surface area contributed by atoms with Crippen LogP contribution in [0.25, 0.3) is 0 Å². The third kappa shape index (κ3) is 2.72. The molecular formula is C9H11BrCl2Si. The smallest absolute Gasteiger partial charge is 0.0796 e. The summed E-state index contributed by atoms with van der Waals surface area (Å²) in [6.45, 7) is 6.74. The van der Waals surface area contributed by atoms with Gasteiger partial charge in [-0.15, -0.1) is 0 Å². The Hall–Kier alpha value is 0.497. The van der Waals surface area contributed by atoms with Gasteiger partial charge in [0.05, 0.1) is 13.1 Å². The molecule has 0 saturated heterocycles. The maximum atomic E-state index is 6.18. The molecule has 0 aliphatic carbocycles. The molecule has 4 heteroatoms. The fraction of sp³-hybridized carbons (Fsp3) is 0.333. The van der Waals surface area contributed by atoms with E-state index in [4.69, 9.17) is 23.2 Å². The first-order valence-electron chi connectivity index (χ1n) is 3.97. The Labute approximate surface area is 98.4 Å². The molecule has 0 atom stereocenters. The third-order valence-electron chi connectivity index (χ3n) is 1.80. The minimum Gasteiger partial charge on any atom is -0.0843 e. The van der Waals surface area contributed by atoms with Crippen LogP contribution in [0.5, 0.6) is 0 Å². The van der Waals surface area contributed by atoms with Gasteiger partial charge < -0.3 is 0 Å². The first-order chi connectivity index (χ1) is 5.82. The Morgan fingerprint density at radius 2 is 1.69 bits per heavy atom. The lowest BCUT2D eigenvalue weighted by Gasteiger charge is -2.19. The molecule has 0 unspecified atom stereocenters. The lowest BCUT2D eigenvalue weighted by molar-refractivity contribution is 1.64. The molecule has 1 rings (SSSR count). The van der Waals surface area contributed by atoms with Crippen molar-refractivity contribution in [2.45, 2.75) is 19.6 Å². The zero-order chi connectivity index (χ0) is 10.2. The molecule has 1 aromatic carbocycles. The average molecular weight is 298 g/mol. The Morgan fingerprint density at radius 3 is 2.15 bits per heavy atom. The molecule has 0 aromatic heterocycles. The molecule has 0 spiro atoms. The molecule has 0 bridgehead atoms. The maximum Gasteiger partial charge on any atom is 0.0796 e. The summed E-state index contributed by atoms with van der Waals surface area (Å²) < 4.78 is 0.888. The van der Waals surface area contributed by atoms with Crippen molar-refractivity contribution in [2.75, 3.05) is 0 Å². The van der Waals surface area contributed by atoms with E-state index in [2.05, 4.69) is 35.6 Å². The summed E-state index contributed by atoms with van der Waals surface area (Å²) in [7, 11) is -1.39. The van der Waals surface area contributed by atoms with E-state index in [1.165, 1.54) is 5.19 Å². The molecule has 72 valence electrons. The topological polar surface area (TPSA) is 0 Å². The molecule has 13 heavy (non-hydrogen) atoms. The average Bonchev–Trinajstić information content (AvgIpc) is 1.94. The van der Waals surface area contributed by atoms with Gasteiger partial charge in [-0.3, -0.25) is 0 Å². The quantitative estimate of drug-likeness (QED) is 0.535. The second-order valence-corrected chi connectivity index (χ2v) is 10.7. The number of halogens is 3. The van der Waals surface area contributed by atoms with Crippen LogP contribution < -0.4 is 5.19 Å². The van der Waals surface area contributed by atoms with Crippen LogP contribution in [0.3, 0.4) is 0 Å². The number of benzene rings is 1. The number of rotatable bonds is 1. The van der Waals surface area contributed by atoms with Crippen molar-refractivity contribution in [3.8, 4) is 0 Å². The first-order valence-corrected chi connectivity index (χ1v) is 9.02. The summed E-state index contributed by atoms with van der Waals surface area (Å²) in [4.78, 5) is 0. The predicted octanol–water partition coefficient (Wildman–Crippen LogP) is 4.30. The monoisotopic (exact) mass is 296 g/mol. The summed E-state index contributed by atoms with van der Waals surface area (Å²) in [5.74, 6) is 0. The summed E-state index contributed by atoms with van der Waals surface area (Å²) in [5, 5.41) is 2.76. The highest BCUT2D eigenvalue weighted by Crippen LogP contribution is 2.26. The molecule has 0 aliphatic rings. The standard InChI is InChI=1S/C9H11BrCl2Si/c1-13(2,3)8-5-6(11)4-7(10)9(8)12/h4-5H,1-3H3. The van der Waals surface area contributed by atoms with Gasteiger partial charge in [0.2, 0.25) is 0 Å². The Morgan fingerprint density at radius 1 is 1.15 bits per heavy atom. The second-order valence-electron chi connectivity index (χ2n) is 4.00. The van der Waals surface area contributed by atoms with Crippen LogP contribution >= 0.6 is 39.1 Å². The molecule has 0 N–H and O–H groups in total. The zero-order valence-electron chi connectivity index (χ0n) is 7.79. The summed E-state index contributed by atoms with van der Waals surface area (Å²) in [5.41, 5.74) is 0. The third-order valence-corrected chi connectivity index (χ3v) is 5.45. The van der Waals surface area contributed by atoms with E-state index in [1.54, 1.807) is 0 Å². The molecule has 0 amide bonds. The normalized spacial score (nSPS) is 11.8. The van der Waals surface area contributed by atoms with Crippen molar-refractivity contribution in [1.29, 1.82) is 0 Å². The van der Waals surface area contributed by atoms with E-state index in [0.717, 1.165) is 14.5 Å². The lowest BCUT2D eigenvalue weighted by atomic mass is 10.4. The minimum atomic E-state index is -1.39. The Kier molecular flexibility index (Phi) is 3.50. The van der Waals surface area contributed by atoms with Gasteiger partial charge in [0.1, 0.15) is 0 Å². The summed E-state index contributed by atoms with van der Waals surface area (Å²) in [6.07, 6.45) is 0. The van der Waals surface area contributed by atoms with Gasteiger partial charge in [-0.1, -0.05) is 42.8 Å². The summed E-state index contributed by atoms with van der Waals surface area (Å²) >= 11 is 15.5. The Bertz CT molecular complexity index is 331. The first kappa shape index (κ1) is 11.6. The lowest BCUT2D eigenvalue weighted by Crippen LogP contribution is -2.38. The SMILES string of the molecule is C[Si](C)(C)c1cc(Cl)cc(Br)c1Cl. The molecule has 0 aliphatic heterocycles. The Balaban J connectivity index is 3.37. The van der Waals surface area contributed by atoms with Crippen LogP contribution in [0, 0.1) is 0 Å². The number of hydrogen-bond donors (Lipinski definition) is 0. The van der Waals surface area contributed by atoms with Gasteiger partial charge in [0.25, 0.3) is 0 Å². The van der Waals surface area contributed by atoms with Gasteiger partial charge >= 0.3 is 0 Å². The van der Waals surface area contributed by atoms with Crippen LogP contribution in [0.15, 0.2) is 16.6 Å². The van der Waals surface area contributed by atoms with E-state index >= 15 is 0 Å². The second kappa shape index (κ2) is 3.93. The van der Waals surface area contributed by atoms with Crippen molar-refractivity contribution < 1.29 is 0 Å². The van der Waals surface area contributed by atoms with Crippen molar-refractivity contribution in [3.05, 3.63) is 26.7 Å². The molecule has 0 saturated carbocycles. The maximum absolute atomic E-state index is 6.18. The molecule has 1 aromatic rings. The van der Waals surface area contributed by atoms with Crippen molar-refractivity contribution in [3.63, 3.8) is 0 Å². The van der Waals surface area contributed by atoms with E-state index in [0.29, 0.717) is 0 Å². The highest BCUT2D eigenvalue weighted by molar-refractivity contribution is 9.10. The van der Waals surface area contributed by atoms with E-state index < -0.39 is 8.07 Å². The molecule has 0 radical (unpaired) electrons. The fourth-order valence-electron chi connectivity index (χ4n) is 1.10. The van der Waals surface area contributed by atoms with E-state index in [-0.39, 0.29) is 0 Å². The van der Waals surface area contributed by atoms with Gasteiger partial charge in [-0.2, -0.15) is 0 Å². The number of hydrogen-bond acceptors (Lipinski definition) is 0. The van der Waals surface area contributed by atoms with Crippen molar-refractivity contribution in [2.24, 2.45) is 0 Å². The van der Waals surface area contributed by atoms with Gasteiger partial charge in [0, 0.05) is 9.50 Å². The largest absolute Gasteiger partial charge is 0.0843 e. The predicted molar refractivity (Wildman–Crippen MR) is 67.1 cm³/mol. The highest BCUT2D eigenvalue weighted by atomic mass is 79.9. The van der Waals surface area contributed by atoms with E-state index in [1.807, 2.05) is 12.1 Å². The minimum absolute atomic E-state index is 0.744. The van der Waals surface area contributed by atoms with Gasteiger partial charge in [0.15, 0.2) is 0 Å². The van der Waals surface area contributed by atoms with Crippen LogP contribution in [0.2, 0.25) is 29.7 Å². The van der Waals surface area contributed by atoms with Gasteiger partial charge in [-0.25, -0.2) is 0 Å². The molecule has 0 nitrogen and oxygen atoms in total. The molecule has 0 heterocycles. The van der Waals surface area contributed by atoms with Crippen LogP contribution in [-0.4, -0.2) is 8.07 Å². The zero-order valence-corrected chi connectivity index (χ0v) is 11.9. The van der Waals surface area contributed by atoms with Crippen LogP contribution in [-0.2, 0) is 0 Å². The summed E-state index contributed by atoms with van der Waals surface area (Å²) in [6, 6.07) is 3.80.